The number of cyclic esters (lactones) is 1. The normalized spacial score (nSPS) is 53.4. The second-order valence-corrected chi connectivity index (χ2v) is 9.98. The molecular weight excluding hydrogens is 358 g/mol. The molecule has 4 heterocycles. The van der Waals surface area contributed by atoms with Crippen molar-refractivity contribution in [2.24, 2.45) is 29.6 Å². The molecule has 5 aliphatic rings. The molecule has 0 amide bonds. The third-order valence-electron chi connectivity index (χ3n) is 8.70. The molecular formula is C22H33NO5. The number of hydrogen-bond acceptors (Lipinski definition) is 6. The number of aliphatic hydroxyl groups is 1. The minimum absolute atomic E-state index is 0.0669. The summed E-state index contributed by atoms with van der Waals surface area (Å²) in [5.41, 5.74) is -0.626. The number of carbonyl (C=O) groups is 2. The Labute approximate surface area is 166 Å². The Morgan fingerprint density at radius 3 is 2.68 bits per heavy atom. The van der Waals surface area contributed by atoms with Crippen LogP contribution in [-0.2, 0) is 19.1 Å². The van der Waals surface area contributed by atoms with Crippen molar-refractivity contribution in [2.45, 2.75) is 89.2 Å². The molecule has 6 heteroatoms. The van der Waals surface area contributed by atoms with E-state index in [2.05, 4.69) is 11.8 Å². The summed E-state index contributed by atoms with van der Waals surface area (Å²) in [6.07, 6.45) is 5.03. The fourth-order valence-corrected chi connectivity index (χ4v) is 7.59. The maximum Gasteiger partial charge on any atom is 0.309 e. The lowest BCUT2D eigenvalue weighted by atomic mass is 9.58. The van der Waals surface area contributed by atoms with Gasteiger partial charge in [0.1, 0.15) is 11.7 Å². The van der Waals surface area contributed by atoms with Gasteiger partial charge in [-0.25, -0.2) is 0 Å². The van der Waals surface area contributed by atoms with Crippen LogP contribution in [0.4, 0.5) is 0 Å². The fraction of sp³-hybridized carbons (Fsp3) is 0.909. The van der Waals surface area contributed by atoms with E-state index in [4.69, 9.17) is 9.47 Å². The van der Waals surface area contributed by atoms with Crippen molar-refractivity contribution in [3.05, 3.63) is 0 Å². The molecule has 1 saturated carbocycles. The molecule has 4 saturated heterocycles. The first kappa shape index (κ1) is 18.9. The van der Waals surface area contributed by atoms with Crippen LogP contribution in [0.2, 0.25) is 0 Å². The molecule has 0 radical (unpaired) electrons. The number of carbonyl (C=O) groups excluding carboxylic acids is 2. The monoisotopic (exact) mass is 391 g/mol. The van der Waals surface area contributed by atoms with Gasteiger partial charge >= 0.3 is 11.9 Å². The van der Waals surface area contributed by atoms with Crippen molar-refractivity contribution in [1.29, 1.82) is 0 Å². The highest BCUT2D eigenvalue weighted by atomic mass is 16.6. The van der Waals surface area contributed by atoms with Gasteiger partial charge in [0, 0.05) is 12.3 Å². The average Bonchev–Trinajstić information content (AvgIpc) is 3.16. The topological polar surface area (TPSA) is 76.1 Å². The molecule has 156 valence electrons. The van der Waals surface area contributed by atoms with Crippen molar-refractivity contribution >= 4 is 11.9 Å². The lowest BCUT2D eigenvalue weighted by Gasteiger charge is -2.52. The largest absolute Gasteiger partial charge is 0.460 e. The Morgan fingerprint density at radius 1 is 1.21 bits per heavy atom. The predicted molar refractivity (Wildman–Crippen MR) is 101 cm³/mol. The fourth-order valence-electron chi connectivity index (χ4n) is 7.59. The SMILES string of the molecule is CC[C@H]1[C@@H](O)[C@H]2[C@H](C)C(=O)O[C@]23C[C@@H]([C@@H]2C[C@H](C)C(=O)O2)N2CCCC[C@H]1[C@@H]23. The van der Waals surface area contributed by atoms with Crippen LogP contribution in [0.15, 0.2) is 0 Å². The van der Waals surface area contributed by atoms with E-state index in [-0.39, 0.29) is 53.8 Å². The summed E-state index contributed by atoms with van der Waals surface area (Å²) in [5.74, 6) is -0.251. The van der Waals surface area contributed by atoms with E-state index >= 15 is 0 Å². The second-order valence-electron chi connectivity index (χ2n) is 9.98. The standard InChI is InChI=1S/C22H33NO5/c1-4-13-14-7-5-6-8-23-15(16-9-11(2)20(25)27-16)10-22(19(14)23)17(18(13)24)12(3)21(26)28-22/h11-19,24H,4-10H2,1-3H3/t11-,12-,13+,14+,15-,16-,17+,18+,19+,22+/m0/s1. The third kappa shape index (κ3) is 2.33. The number of ether oxygens (including phenoxy) is 2. The average molecular weight is 392 g/mol. The minimum Gasteiger partial charge on any atom is -0.460 e. The van der Waals surface area contributed by atoms with E-state index in [0.717, 1.165) is 38.6 Å². The molecule has 4 aliphatic heterocycles. The van der Waals surface area contributed by atoms with E-state index < -0.39 is 11.7 Å². The van der Waals surface area contributed by atoms with Gasteiger partial charge in [-0.3, -0.25) is 14.5 Å². The van der Waals surface area contributed by atoms with Gasteiger partial charge in [0.05, 0.1) is 30.0 Å². The molecule has 10 atom stereocenters. The number of nitrogens with zero attached hydrogens (tertiary/aromatic N) is 1. The van der Waals surface area contributed by atoms with Gasteiger partial charge < -0.3 is 14.6 Å². The summed E-state index contributed by atoms with van der Waals surface area (Å²) in [7, 11) is 0. The van der Waals surface area contributed by atoms with E-state index in [1.165, 1.54) is 0 Å². The minimum atomic E-state index is -0.626. The summed E-state index contributed by atoms with van der Waals surface area (Å²) in [6, 6.07) is 0.227. The number of esters is 2. The van der Waals surface area contributed by atoms with Gasteiger partial charge in [0.2, 0.25) is 0 Å². The van der Waals surface area contributed by atoms with E-state index in [1.54, 1.807) is 0 Å². The molecule has 1 spiro atoms. The maximum atomic E-state index is 12.7. The first-order chi connectivity index (χ1) is 13.4. The van der Waals surface area contributed by atoms with Crippen molar-refractivity contribution in [3.63, 3.8) is 0 Å². The van der Waals surface area contributed by atoms with Gasteiger partial charge in [0.15, 0.2) is 0 Å². The van der Waals surface area contributed by atoms with Crippen molar-refractivity contribution < 1.29 is 24.2 Å². The quantitative estimate of drug-likeness (QED) is 0.727. The van der Waals surface area contributed by atoms with Crippen molar-refractivity contribution in [3.8, 4) is 0 Å². The second kappa shape index (κ2) is 6.43. The summed E-state index contributed by atoms with van der Waals surface area (Å²) < 4.78 is 12.0. The van der Waals surface area contributed by atoms with Crippen LogP contribution in [0.25, 0.3) is 0 Å². The van der Waals surface area contributed by atoms with Crippen molar-refractivity contribution in [1.82, 2.24) is 4.90 Å². The third-order valence-corrected chi connectivity index (χ3v) is 8.70. The van der Waals surface area contributed by atoms with Crippen LogP contribution in [0.3, 0.4) is 0 Å². The lowest BCUT2D eigenvalue weighted by Crippen LogP contribution is -2.63. The van der Waals surface area contributed by atoms with E-state index in [0.29, 0.717) is 12.3 Å². The highest BCUT2D eigenvalue weighted by molar-refractivity contribution is 5.76. The highest BCUT2D eigenvalue weighted by Gasteiger charge is 2.72. The summed E-state index contributed by atoms with van der Waals surface area (Å²) in [6.45, 7) is 6.97. The van der Waals surface area contributed by atoms with E-state index in [1.807, 2.05) is 13.8 Å². The zero-order chi connectivity index (χ0) is 19.8. The predicted octanol–water partition coefficient (Wildman–Crippen LogP) is 2.13. The van der Waals surface area contributed by atoms with Gasteiger partial charge in [-0.15, -0.1) is 0 Å². The zero-order valence-electron chi connectivity index (χ0n) is 17.2. The van der Waals surface area contributed by atoms with Crippen LogP contribution >= 0.6 is 0 Å². The molecule has 0 aromatic rings. The van der Waals surface area contributed by atoms with Crippen molar-refractivity contribution in [2.75, 3.05) is 6.54 Å². The Morgan fingerprint density at radius 2 is 2.00 bits per heavy atom. The molecule has 1 aliphatic carbocycles. The Kier molecular flexibility index (Phi) is 4.33. The Bertz CT molecular complexity index is 682. The summed E-state index contributed by atoms with van der Waals surface area (Å²) >= 11 is 0. The maximum absolute atomic E-state index is 12.7. The molecule has 0 unspecified atom stereocenters. The number of aliphatic hydroxyl groups excluding tert-OH is 1. The van der Waals surface area contributed by atoms with Gasteiger partial charge in [-0.2, -0.15) is 0 Å². The molecule has 5 fully saturated rings. The van der Waals surface area contributed by atoms with Crippen LogP contribution in [-0.4, -0.2) is 58.4 Å². The molecule has 1 N–H and O–H groups in total. The zero-order valence-corrected chi connectivity index (χ0v) is 17.2. The van der Waals surface area contributed by atoms with Crippen LogP contribution in [0, 0.1) is 29.6 Å². The molecule has 6 nitrogen and oxygen atoms in total. The van der Waals surface area contributed by atoms with Crippen LogP contribution < -0.4 is 0 Å². The Hall–Kier alpha value is -1.14. The number of hydrogen-bond donors (Lipinski definition) is 1. The van der Waals surface area contributed by atoms with E-state index in [9.17, 15) is 14.7 Å². The molecule has 5 rings (SSSR count). The molecule has 0 bridgehead atoms. The van der Waals surface area contributed by atoms with Crippen LogP contribution in [0.5, 0.6) is 0 Å². The van der Waals surface area contributed by atoms with Gasteiger partial charge in [-0.05, 0) is 37.6 Å². The first-order valence-electron chi connectivity index (χ1n) is 11.3. The van der Waals surface area contributed by atoms with Gasteiger partial charge in [-0.1, -0.05) is 33.6 Å². The highest BCUT2D eigenvalue weighted by Crippen LogP contribution is 2.61. The van der Waals surface area contributed by atoms with Crippen LogP contribution in [0.1, 0.15) is 59.3 Å². The molecule has 0 aromatic heterocycles. The lowest BCUT2D eigenvalue weighted by molar-refractivity contribution is -0.170. The van der Waals surface area contributed by atoms with Gasteiger partial charge in [0.25, 0.3) is 0 Å². The smallest absolute Gasteiger partial charge is 0.309 e. The summed E-state index contributed by atoms with van der Waals surface area (Å²) in [5, 5.41) is 11.4. The number of rotatable bonds is 2. The first-order valence-corrected chi connectivity index (χ1v) is 11.3. The summed E-state index contributed by atoms with van der Waals surface area (Å²) in [4.78, 5) is 27.4. The Balaban J connectivity index is 1.59. The molecule has 28 heavy (non-hydrogen) atoms. The molecule has 0 aromatic carbocycles.